The summed E-state index contributed by atoms with van der Waals surface area (Å²) in [5.74, 6) is 1.30. The van der Waals surface area contributed by atoms with Gasteiger partial charge < -0.3 is 27.0 Å². The molecule has 6 heterocycles. The first-order valence-electron chi connectivity index (χ1n) is 20.3. The molecular weight excluding hydrogens is 765 g/mol. The molecule has 0 atom stereocenters. The number of para-hydroxylation sites is 2. The van der Waals surface area contributed by atoms with Gasteiger partial charge in [0.2, 0.25) is 23.7 Å². The first kappa shape index (κ1) is 41.7. The zero-order valence-electron chi connectivity index (χ0n) is 34.7. The summed E-state index contributed by atoms with van der Waals surface area (Å²) in [7, 11) is 3.45. The number of anilines is 6. The van der Waals surface area contributed by atoms with Gasteiger partial charge in [-0.25, -0.2) is 19.6 Å². The fraction of sp³-hybridized carbons (Fsp3) is 0.429. The number of urea groups is 2. The van der Waals surface area contributed by atoms with Crippen molar-refractivity contribution in [3.63, 3.8) is 0 Å². The molecular formula is C42H54N14O4. The van der Waals surface area contributed by atoms with Gasteiger partial charge in [-0.1, -0.05) is 36.4 Å². The minimum atomic E-state index is -0.490. The number of nitrogens with one attached hydrogen (secondary N) is 2. The minimum absolute atomic E-state index is 0.0252. The van der Waals surface area contributed by atoms with Gasteiger partial charge in [0.1, 0.15) is 11.6 Å². The quantitative estimate of drug-likeness (QED) is 0.182. The lowest BCUT2D eigenvalue weighted by molar-refractivity contribution is -0.119. The molecule has 0 saturated carbocycles. The van der Waals surface area contributed by atoms with Crippen molar-refractivity contribution in [1.29, 1.82) is 0 Å². The van der Waals surface area contributed by atoms with Crippen LogP contribution in [0.5, 0.6) is 0 Å². The van der Waals surface area contributed by atoms with E-state index in [0.717, 1.165) is 59.6 Å². The Morgan fingerprint density at radius 2 is 1.30 bits per heavy atom. The first-order valence-corrected chi connectivity index (χ1v) is 20.3. The van der Waals surface area contributed by atoms with Crippen molar-refractivity contribution < 1.29 is 19.2 Å². The second-order valence-corrected chi connectivity index (χ2v) is 15.7. The molecule has 4 aromatic rings. The molecule has 18 heteroatoms. The van der Waals surface area contributed by atoms with Crippen LogP contribution in [0.15, 0.2) is 60.9 Å². The van der Waals surface area contributed by atoms with Gasteiger partial charge in [-0.3, -0.25) is 34.1 Å². The number of carbonyl (C=O) groups is 4. The van der Waals surface area contributed by atoms with E-state index in [-0.39, 0.29) is 37.1 Å². The number of benzene rings is 2. The number of nitrogens with two attached hydrogens (primary N) is 2. The number of rotatable bonds is 10. The monoisotopic (exact) mass is 818 g/mol. The van der Waals surface area contributed by atoms with Crippen LogP contribution in [0.2, 0.25) is 0 Å². The average Bonchev–Trinajstić information content (AvgIpc) is 3.24. The van der Waals surface area contributed by atoms with Crippen LogP contribution in [0, 0.1) is 13.8 Å². The van der Waals surface area contributed by atoms with Crippen molar-refractivity contribution in [3.05, 3.63) is 83.2 Å². The highest BCUT2D eigenvalue weighted by Crippen LogP contribution is 2.34. The Bertz CT molecular complexity index is 2220. The predicted molar refractivity (Wildman–Crippen MR) is 231 cm³/mol. The van der Waals surface area contributed by atoms with Crippen LogP contribution in [0.3, 0.4) is 0 Å². The molecule has 0 spiro atoms. The van der Waals surface area contributed by atoms with Gasteiger partial charge in [0.05, 0.1) is 26.2 Å². The summed E-state index contributed by atoms with van der Waals surface area (Å²) in [6, 6.07) is 15.7. The van der Waals surface area contributed by atoms with E-state index < -0.39 is 5.91 Å². The van der Waals surface area contributed by atoms with Crippen molar-refractivity contribution >= 4 is 58.8 Å². The van der Waals surface area contributed by atoms with Crippen molar-refractivity contribution in [3.8, 4) is 0 Å². The van der Waals surface area contributed by atoms with E-state index in [1.165, 1.54) is 4.90 Å². The summed E-state index contributed by atoms with van der Waals surface area (Å²) in [6.45, 7) is 8.33. The molecule has 60 heavy (non-hydrogen) atoms. The maximum absolute atomic E-state index is 13.2. The van der Waals surface area contributed by atoms with E-state index in [2.05, 4.69) is 30.6 Å². The zero-order valence-corrected chi connectivity index (χ0v) is 34.7. The Labute approximate surface area is 349 Å². The second-order valence-electron chi connectivity index (χ2n) is 15.7. The Hall–Kier alpha value is -6.40. The summed E-state index contributed by atoms with van der Waals surface area (Å²) in [5, 5.41) is 6.75. The maximum atomic E-state index is 13.2. The van der Waals surface area contributed by atoms with Crippen LogP contribution in [0.25, 0.3) is 0 Å². The molecule has 6 N–H and O–H groups in total. The number of fused-ring (bicyclic) bond motifs is 2. The molecule has 2 aromatic carbocycles. The average molecular weight is 819 g/mol. The molecule has 0 bridgehead atoms. The van der Waals surface area contributed by atoms with Gasteiger partial charge in [-0.2, -0.15) is 9.97 Å². The highest BCUT2D eigenvalue weighted by atomic mass is 16.2. The maximum Gasteiger partial charge on any atom is 0.330 e. The van der Waals surface area contributed by atoms with Crippen LogP contribution < -0.4 is 46.6 Å². The smallest absolute Gasteiger partial charge is 0.330 e. The van der Waals surface area contributed by atoms with Gasteiger partial charge in [-0.15, -0.1) is 0 Å². The van der Waals surface area contributed by atoms with Crippen LogP contribution in [0.1, 0.15) is 47.9 Å². The van der Waals surface area contributed by atoms with Gasteiger partial charge in [0, 0.05) is 74.2 Å². The standard InChI is InChI=1S/C23H30N8O3.C19H24N6O/c1-15-5-3-4-6-18(15)31-12-16-11-26-22(27-21(16)28(2)23(31)34)30(14-20(25)33)17-7-9-29(10-8-17)13-19(24)32;1-13-5-3-4-6-16(13)25-12-14-11-21-18(22-15-7-9-20-10-8-15)23-17(14)24(2)19(25)26/h3-6,11,17H,7-10,12-14H2,1-2H3,(H2,24,32)(H2,25,33);3-6,11,15,20H,7-10,12H2,1-2H3,(H,21,22,23). The Balaban J connectivity index is 0.000000188. The van der Waals surface area contributed by atoms with Crippen molar-refractivity contribution in [2.75, 3.05) is 83.2 Å². The number of aromatic nitrogens is 4. The predicted octanol–water partition coefficient (Wildman–Crippen LogP) is 3.13. The fourth-order valence-electron chi connectivity index (χ4n) is 8.22. The number of nitrogens with zero attached hydrogens (tertiary/aromatic N) is 10. The third kappa shape index (κ3) is 9.24. The number of aryl methyl sites for hydroxylation is 2. The molecule has 4 aliphatic rings. The molecule has 0 unspecified atom stereocenters. The summed E-state index contributed by atoms with van der Waals surface area (Å²) >= 11 is 0. The normalized spacial score (nSPS) is 17.4. The van der Waals surface area contributed by atoms with Crippen molar-refractivity contribution in [2.45, 2.75) is 64.7 Å². The molecule has 0 aliphatic carbocycles. The lowest BCUT2D eigenvalue weighted by Crippen LogP contribution is -2.50. The molecule has 18 nitrogen and oxygen atoms in total. The summed E-state index contributed by atoms with van der Waals surface area (Å²) < 4.78 is 0. The molecule has 2 saturated heterocycles. The summed E-state index contributed by atoms with van der Waals surface area (Å²) in [4.78, 5) is 77.9. The Morgan fingerprint density at radius 3 is 1.83 bits per heavy atom. The van der Waals surface area contributed by atoms with Crippen molar-refractivity contribution in [1.82, 2.24) is 30.2 Å². The van der Waals surface area contributed by atoms with Crippen molar-refractivity contribution in [2.24, 2.45) is 11.5 Å². The highest BCUT2D eigenvalue weighted by molar-refractivity contribution is 6.06. The molecule has 6 amide bonds. The number of likely N-dealkylation sites (tertiary alicyclic amines) is 1. The Morgan fingerprint density at radius 1 is 0.767 bits per heavy atom. The van der Waals surface area contributed by atoms with Crippen LogP contribution in [-0.2, 0) is 22.7 Å². The van der Waals surface area contributed by atoms with E-state index in [0.29, 0.717) is 68.6 Å². The Kier molecular flexibility index (Phi) is 12.7. The van der Waals surface area contributed by atoms with E-state index in [4.69, 9.17) is 11.5 Å². The SMILES string of the molecule is Cc1ccccc1N1Cc2cnc(N(CC(N)=O)C3CCN(CC(N)=O)CC3)nc2N(C)C1=O.Cc1ccccc1N1Cc2cnc(NC3CCNCC3)nc2N(C)C1=O. The van der Waals surface area contributed by atoms with Crippen LogP contribution in [-0.4, -0.2) is 114 Å². The van der Waals surface area contributed by atoms with E-state index in [1.54, 1.807) is 39.9 Å². The summed E-state index contributed by atoms with van der Waals surface area (Å²) in [6.07, 6.45) is 7.06. The number of primary amides is 2. The summed E-state index contributed by atoms with van der Waals surface area (Å²) in [5.41, 5.74) is 16.4. The number of amides is 6. The van der Waals surface area contributed by atoms with Gasteiger partial charge in [0.25, 0.3) is 0 Å². The molecule has 8 rings (SSSR count). The molecule has 2 fully saturated rings. The van der Waals surface area contributed by atoms with Crippen LogP contribution in [0.4, 0.5) is 44.5 Å². The molecule has 2 aromatic heterocycles. The second kappa shape index (κ2) is 18.3. The molecule has 4 aliphatic heterocycles. The van der Waals surface area contributed by atoms with Gasteiger partial charge in [0.15, 0.2) is 0 Å². The van der Waals surface area contributed by atoms with Gasteiger partial charge in [-0.05, 0) is 75.9 Å². The highest BCUT2D eigenvalue weighted by Gasteiger charge is 2.35. The fourth-order valence-corrected chi connectivity index (χ4v) is 8.22. The number of piperidine rings is 2. The topological polar surface area (TPSA) is 215 Å². The lowest BCUT2D eigenvalue weighted by atomic mass is 10.0. The van der Waals surface area contributed by atoms with Crippen LogP contribution >= 0.6 is 0 Å². The van der Waals surface area contributed by atoms with E-state index in [1.807, 2.05) is 73.5 Å². The van der Waals surface area contributed by atoms with Gasteiger partial charge >= 0.3 is 12.1 Å². The lowest BCUT2D eigenvalue weighted by Gasteiger charge is -2.39. The number of hydrogen-bond acceptors (Lipinski definition) is 12. The number of hydrogen-bond donors (Lipinski definition) is 4. The van der Waals surface area contributed by atoms with E-state index in [9.17, 15) is 19.2 Å². The van der Waals surface area contributed by atoms with E-state index >= 15 is 0 Å². The first-order chi connectivity index (χ1) is 28.9. The molecule has 0 radical (unpaired) electrons. The minimum Gasteiger partial charge on any atom is -0.369 e. The third-order valence-corrected chi connectivity index (χ3v) is 11.4. The largest absolute Gasteiger partial charge is 0.369 e. The third-order valence-electron chi connectivity index (χ3n) is 11.4. The number of carbonyl (C=O) groups excluding carboxylic acids is 4. The molecule has 316 valence electrons. The zero-order chi connectivity index (χ0) is 42.5.